The van der Waals surface area contributed by atoms with Crippen LogP contribution in [0.1, 0.15) is 35.7 Å². The van der Waals surface area contributed by atoms with Gasteiger partial charge in [-0.25, -0.2) is 18.5 Å². The Bertz CT molecular complexity index is 1190. The van der Waals surface area contributed by atoms with Crippen molar-refractivity contribution in [2.24, 2.45) is 5.14 Å². The lowest BCUT2D eigenvalue weighted by molar-refractivity contribution is 0.102. The number of hydrogen-bond acceptors (Lipinski definition) is 6. The van der Waals surface area contributed by atoms with Gasteiger partial charge in [-0.1, -0.05) is 37.2 Å². The highest BCUT2D eigenvalue weighted by Crippen LogP contribution is 2.27. The molecule has 0 saturated heterocycles. The first kappa shape index (κ1) is 21.0. The van der Waals surface area contributed by atoms with Crippen LogP contribution in [-0.2, 0) is 16.6 Å². The lowest BCUT2D eigenvalue weighted by atomic mass is 10.1. The Labute approximate surface area is 173 Å². The number of imidazole rings is 1. The zero-order valence-corrected chi connectivity index (χ0v) is 17.5. The number of aryl methyl sites for hydroxylation is 1. The fourth-order valence-corrected chi connectivity index (χ4v) is 4.32. The van der Waals surface area contributed by atoms with Crippen molar-refractivity contribution in [3.8, 4) is 6.07 Å². The van der Waals surface area contributed by atoms with Crippen molar-refractivity contribution >= 4 is 38.6 Å². The van der Waals surface area contributed by atoms with E-state index in [0.717, 1.165) is 24.9 Å². The van der Waals surface area contributed by atoms with Gasteiger partial charge >= 0.3 is 0 Å². The Morgan fingerprint density at radius 1 is 1.24 bits per heavy atom. The summed E-state index contributed by atoms with van der Waals surface area (Å²) >= 11 is 1.31. The molecule has 9 heteroatoms. The summed E-state index contributed by atoms with van der Waals surface area (Å²) in [4.78, 5) is 17.1. The topological polar surface area (TPSA) is 119 Å². The third-order valence-electron chi connectivity index (χ3n) is 4.42. The Morgan fingerprint density at radius 3 is 2.59 bits per heavy atom. The van der Waals surface area contributed by atoms with Crippen molar-refractivity contribution < 1.29 is 13.2 Å². The molecule has 0 bridgehead atoms. The number of fused-ring (bicyclic) bond motifs is 1. The highest BCUT2D eigenvalue weighted by molar-refractivity contribution is 7.99. The van der Waals surface area contributed by atoms with E-state index < -0.39 is 10.0 Å². The molecule has 0 aliphatic heterocycles. The van der Waals surface area contributed by atoms with Gasteiger partial charge in [0.25, 0.3) is 0 Å². The van der Waals surface area contributed by atoms with Crippen LogP contribution >= 0.6 is 11.8 Å². The average molecular weight is 429 g/mol. The normalized spacial score (nSPS) is 11.5. The van der Waals surface area contributed by atoms with E-state index in [-0.39, 0.29) is 16.4 Å². The molecule has 0 amide bonds. The molecule has 0 atom stereocenters. The largest absolute Gasteiger partial charge is 0.319 e. The molecule has 29 heavy (non-hydrogen) atoms. The summed E-state index contributed by atoms with van der Waals surface area (Å²) in [6.07, 6.45) is 1.92. The summed E-state index contributed by atoms with van der Waals surface area (Å²) in [6, 6.07) is 13.2. The molecule has 3 aromatic rings. The standard InChI is InChI=1S/C20H20N4O3S2/c1-2-3-10-24-18-9-8-16(29(22,26)27)11-17(18)23-20(24)28-13-19(25)15-6-4-14(12-21)5-7-15/h4-9,11H,2-3,10,13H2,1H3,(H2,22,26,27). The maximum Gasteiger partial charge on any atom is 0.238 e. The minimum absolute atomic E-state index is 0.00958. The first-order valence-electron chi connectivity index (χ1n) is 9.02. The van der Waals surface area contributed by atoms with Gasteiger partial charge in [0.05, 0.1) is 33.3 Å². The predicted molar refractivity (Wildman–Crippen MR) is 112 cm³/mol. The third kappa shape index (κ3) is 4.85. The number of unbranched alkanes of at least 4 members (excludes halogenated alkanes) is 1. The predicted octanol–water partition coefficient (Wildman–Crippen LogP) is 3.33. The highest BCUT2D eigenvalue weighted by Gasteiger charge is 2.16. The van der Waals surface area contributed by atoms with Gasteiger partial charge in [-0.2, -0.15) is 5.26 Å². The lowest BCUT2D eigenvalue weighted by Gasteiger charge is -2.08. The molecule has 0 aliphatic carbocycles. The quantitative estimate of drug-likeness (QED) is 0.434. The van der Waals surface area contributed by atoms with E-state index in [4.69, 9.17) is 10.4 Å². The number of nitriles is 1. The number of carbonyl (C=O) groups excluding carboxylic acids is 1. The number of nitrogens with two attached hydrogens (primary N) is 1. The fraction of sp³-hybridized carbons (Fsp3) is 0.250. The number of rotatable bonds is 8. The Hall–Kier alpha value is -2.67. The van der Waals surface area contributed by atoms with Crippen LogP contribution in [0.5, 0.6) is 0 Å². The minimum Gasteiger partial charge on any atom is -0.319 e. The molecule has 7 nitrogen and oxygen atoms in total. The van der Waals surface area contributed by atoms with Gasteiger partial charge in [0.1, 0.15) is 0 Å². The Morgan fingerprint density at radius 2 is 1.97 bits per heavy atom. The van der Waals surface area contributed by atoms with Crippen LogP contribution in [0, 0.1) is 11.3 Å². The second-order valence-electron chi connectivity index (χ2n) is 6.50. The molecule has 0 fully saturated rings. The number of thioether (sulfide) groups is 1. The first-order chi connectivity index (χ1) is 13.8. The van der Waals surface area contributed by atoms with Gasteiger partial charge in [-0.05, 0) is 36.8 Å². The molecular weight excluding hydrogens is 408 g/mol. The third-order valence-corrected chi connectivity index (χ3v) is 6.30. The van der Waals surface area contributed by atoms with Crippen LogP contribution in [0.2, 0.25) is 0 Å². The van der Waals surface area contributed by atoms with E-state index in [1.54, 1.807) is 30.3 Å². The molecule has 0 radical (unpaired) electrons. The number of sulfonamides is 1. The molecule has 0 saturated carbocycles. The van der Waals surface area contributed by atoms with Crippen molar-refractivity contribution in [3.05, 3.63) is 53.6 Å². The molecule has 3 rings (SSSR count). The second-order valence-corrected chi connectivity index (χ2v) is 9.00. The fourth-order valence-electron chi connectivity index (χ4n) is 2.85. The van der Waals surface area contributed by atoms with Crippen molar-refractivity contribution in [1.29, 1.82) is 5.26 Å². The van der Waals surface area contributed by atoms with E-state index in [9.17, 15) is 13.2 Å². The number of primary sulfonamides is 1. The summed E-state index contributed by atoms with van der Waals surface area (Å²) in [7, 11) is -3.82. The number of benzene rings is 2. The molecular formula is C20H20N4O3S2. The van der Waals surface area contributed by atoms with Gasteiger partial charge in [0.15, 0.2) is 10.9 Å². The zero-order valence-electron chi connectivity index (χ0n) is 15.8. The maximum atomic E-state index is 12.5. The summed E-state index contributed by atoms with van der Waals surface area (Å²) in [5.41, 5.74) is 2.37. The van der Waals surface area contributed by atoms with Crippen LogP contribution in [-0.4, -0.2) is 29.5 Å². The number of aromatic nitrogens is 2. The Balaban J connectivity index is 1.88. The second kappa shape index (κ2) is 8.78. The molecule has 1 aromatic heterocycles. The van der Waals surface area contributed by atoms with Crippen LogP contribution < -0.4 is 5.14 Å². The Kier molecular flexibility index (Phi) is 6.37. The highest BCUT2D eigenvalue weighted by atomic mass is 32.2. The van der Waals surface area contributed by atoms with E-state index in [0.29, 0.717) is 21.8 Å². The van der Waals surface area contributed by atoms with Gasteiger partial charge in [0.2, 0.25) is 10.0 Å². The van der Waals surface area contributed by atoms with Crippen molar-refractivity contribution in [2.45, 2.75) is 36.4 Å². The molecule has 1 heterocycles. The lowest BCUT2D eigenvalue weighted by Crippen LogP contribution is -2.11. The van der Waals surface area contributed by atoms with E-state index in [2.05, 4.69) is 11.9 Å². The summed E-state index contributed by atoms with van der Waals surface area (Å²) in [5.74, 6) is 0.113. The van der Waals surface area contributed by atoms with Crippen LogP contribution in [0.15, 0.2) is 52.5 Å². The van der Waals surface area contributed by atoms with E-state index >= 15 is 0 Å². The SMILES string of the molecule is CCCCn1c(SCC(=O)c2ccc(C#N)cc2)nc2cc(S(N)(=O)=O)ccc21. The molecule has 0 unspecified atom stereocenters. The van der Waals surface area contributed by atoms with Crippen LogP contribution in [0.3, 0.4) is 0 Å². The van der Waals surface area contributed by atoms with Crippen molar-refractivity contribution in [2.75, 3.05) is 5.75 Å². The molecule has 2 aromatic carbocycles. The van der Waals surface area contributed by atoms with Gasteiger partial charge < -0.3 is 4.57 Å². The molecule has 150 valence electrons. The van der Waals surface area contributed by atoms with Gasteiger partial charge in [0, 0.05) is 12.1 Å². The van der Waals surface area contributed by atoms with Crippen molar-refractivity contribution in [1.82, 2.24) is 9.55 Å². The summed E-state index contributed by atoms with van der Waals surface area (Å²) < 4.78 is 25.3. The monoisotopic (exact) mass is 428 g/mol. The van der Waals surface area contributed by atoms with Crippen molar-refractivity contribution in [3.63, 3.8) is 0 Å². The minimum atomic E-state index is -3.82. The van der Waals surface area contributed by atoms with E-state index in [1.807, 2.05) is 10.6 Å². The van der Waals surface area contributed by atoms with Crippen LogP contribution in [0.4, 0.5) is 0 Å². The summed E-state index contributed by atoms with van der Waals surface area (Å²) in [5, 5.41) is 14.7. The smallest absolute Gasteiger partial charge is 0.238 e. The molecule has 2 N–H and O–H groups in total. The summed E-state index contributed by atoms with van der Waals surface area (Å²) in [6.45, 7) is 2.80. The first-order valence-corrected chi connectivity index (χ1v) is 11.6. The van der Waals surface area contributed by atoms with Crippen LogP contribution in [0.25, 0.3) is 11.0 Å². The van der Waals surface area contributed by atoms with E-state index in [1.165, 1.54) is 23.9 Å². The number of ketones is 1. The molecule has 0 spiro atoms. The molecule has 0 aliphatic rings. The number of nitrogens with zero attached hydrogens (tertiary/aromatic N) is 3. The maximum absolute atomic E-state index is 12.5. The van der Waals surface area contributed by atoms with Gasteiger partial charge in [-0.15, -0.1) is 0 Å². The van der Waals surface area contributed by atoms with Gasteiger partial charge in [-0.3, -0.25) is 4.79 Å². The number of carbonyl (C=O) groups is 1. The number of hydrogen-bond donors (Lipinski definition) is 1. The number of Topliss-reactive ketones (excluding diaryl/α,β-unsaturated/α-hetero) is 1. The zero-order chi connectivity index (χ0) is 21.0. The average Bonchev–Trinajstić information content (AvgIpc) is 3.06.